The second kappa shape index (κ2) is 11.8. The third kappa shape index (κ3) is 7.21. The minimum atomic E-state index is -0.518. The fraction of sp³-hybridized carbons (Fsp3) is 0.364. The molecule has 2 aromatic carbocycles. The molecule has 0 radical (unpaired) electrons. The fourth-order valence-electron chi connectivity index (χ4n) is 2.68. The van der Waals surface area contributed by atoms with Crippen LogP contribution in [0.1, 0.15) is 31.4 Å². The molecule has 0 fully saturated rings. The summed E-state index contributed by atoms with van der Waals surface area (Å²) in [5.74, 6) is 0.884. The molecule has 0 saturated carbocycles. The minimum absolute atomic E-state index is 0.0398. The number of nitrogens with one attached hydrogen (secondary N) is 1. The van der Waals surface area contributed by atoms with Gasteiger partial charge in [-0.15, -0.1) is 11.8 Å². The number of hydrogen-bond donors (Lipinski definition) is 1. The Morgan fingerprint density at radius 1 is 1.07 bits per heavy atom. The molecular weight excluding hydrogens is 392 g/mol. The summed E-state index contributed by atoms with van der Waals surface area (Å²) >= 11 is 7.45. The number of benzene rings is 2. The predicted octanol–water partition coefficient (Wildman–Crippen LogP) is 4.52. The molecule has 0 aliphatic rings. The van der Waals surface area contributed by atoms with Crippen molar-refractivity contribution in [3.8, 4) is 0 Å². The van der Waals surface area contributed by atoms with Crippen LogP contribution in [-0.2, 0) is 21.9 Å². The lowest BCUT2D eigenvalue weighted by molar-refractivity contribution is -0.138. The molecule has 2 aromatic rings. The number of carbonyl (C=O) groups is 2. The average molecular weight is 419 g/mol. The molecule has 2 amide bonds. The summed E-state index contributed by atoms with van der Waals surface area (Å²) in [4.78, 5) is 27.0. The molecule has 0 heterocycles. The van der Waals surface area contributed by atoms with E-state index in [1.54, 1.807) is 23.6 Å². The van der Waals surface area contributed by atoms with Crippen molar-refractivity contribution >= 4 is 35.2 Å². The van der Waals surface area contributed by atoms with Crippen molar-refractivity contribution in [2.45, 2.75) is 38.6 Å². The zero-order valence-corrected chi connectivity index (χ0v) is 17.9. The summed E-state index contributed by atoms with van der Waals surface area (Å²) < 4.78 is 0. The molecule has 4 nitrogen and oxygen atoms in total. The van der Waals surface area contributed by atoms with Gasteiger partial charge in [-0.05, 0) is 36.6 Å². The maximum Gasteiger partial charge on any atom is 0.242 e. The van der Waals surface area contributed by atoms with Gasteiger partial charge < -0.3 is 10.2 Å². The van der Waals surface area contributed by atoms with E-state index in [4.69, 9.17) is 11.6 Å². The smallest absolute Gasteiger partial charge is 0.242 e. The Labute approximate surface area is 176 Å². The van der Waals surface area contributed by atoms with E-state index < -0.39 is 6.04 Å². The summed E-state index contributed by atoms with van der Waals surface area (Å²) in [6.45, 7) is 4.82. The highest BCUT2D eigenvalue weighted by molar-refractivity contribution is 7.99. The highest BCUT2D eigenvalue weighted by Crippen LogP contribution is 2.17. The molecule has 0 spiro atoms. The third-order valence-electron chi connectivity index (χ3n) is 4.32. The fourth-order valence-corrected chi connectivity index (χ4v) is 3.68. The Bertz CT molecular complexity index is 753. The van der Waals surface area contributed by atoms with Gasteiger partial charge in [-0.25, -0.2) is 0 Å². The molecule has 0 saturated heterocycles. The van der Waals surface area contributed by atoms with Gasteiger partial charge in [0, 0.05) is 23.9 Å². The first-order chi connectivity index (χ1) is 13.5. The van der Waals surface area contributed by atoms with Gasteiger partial charge in [-0.2, -0.15) is 0 Å². The molecule has 0 aromatic heterocycles. The van der Waals surface area contributed by atoms with Crippen LogP contribution in [0.25, 0.3) is 0 Å². The number of nitrogens with zero attached hydrogens (tertiary/aromatic N) is 1. The van der Waals surface area contributed by atoms with E-state index in [9.17, 15) is 9.59 Å². The number of hydrogen-bond acceptors (Lipinski definition) is 3. The second-order valence-electron chi connectivity index (χ2n) is 6.59. The van der Waals surface area contributed by atoms with Crippen LogP contribution in [0, 0.1) is 0 Å². The van der Waals surface area contributed by atoms with E-state index in [0.717, 1.165) is 23.3 Å². The Morgan fingerprint density at radius 2 is 1.75 bits per heavy atom. The largest absolute Gasteiger partial charge is 0.354 e. The van der Waals surface area contributed by atoms with Gasteiger partial charge in [0.2, 0.25) is 11.8 Å². The molecule has 6 heteroatoms. The van der Waals surface area contributed by atoms with Gasteiger partial charge in [0.15, 0.2) is 0 Å². The summed E-state index contributed by atoms with van der Waals surface area (Å²) in [6.07, 6.45) is 0.863. The number of amides is 2. The van der Waals surface area contributed by atoms with Gasteiger partial charge in [0.05, 0.1) is 5.75 Å². The van der Waals surface area contributed by atoms with Crippen molar-refractivity contribution in [2.24, 2.45) is 0 Å². The first kappa shape index (κ1) is 22.3. The number of carbonyl (C=O) groups excluding carboxylic acids is 2. The number of thioether (sulfide) groups is 1. The first-order valence-corrected chi connectivity index (χ1v) is 11.0. The molecule has 0 aliphatic carbocycles. The van der Waals surface area contributed by atoms with E-state index in [1.165, 1.54) is 0 Å². The Hall–Kier alpha value is -1.98. The van der Waals surface area contributed by atoms with E-state index in [2.05, 4.69) is 5.32 Å². The van der Waals surface area contributed by atoms with Crippen LogP contribution >= 0.6 is 23.4 Å². The lowest BCUT2D eigenvalue weighted by Crippen LogP contribution is -2.48. The summed E-state index contributed by atoms with van der Waals surface area (Å²) in [6, 6.07) is 16.9. The molecule has 0 unspecified atom stereocenters. The maximum absolute atomic E-state index is 12.9. The number of halogens is 1. The van der Waals surface area contributed by atoms with Crippen LogP contribution in [-0.4, -0.2) is 35.1 Å². The Morgan fingerprint density at radius 3 is 2.39 bits per heavy atom. The van der Waals surface area contributed by atoms with E-state index in [1.807, 2.05) is 61.5 Å². The van der Waals surface area contributed by atoms with Gasteiger partial charge in [0.1, 0.15) is 6.04 Å². The Kier molecular flexibility index (Phi) is 9.38. The average Bonchev–Trinajstić information content (AvgIpc) is 2.71. The monoisotopic (exact) mass is 418 g/mol. The van der Waals surface area contributed by atoms with Crippen LogP contribution in [0.2, 0.25) is 5.02 Å². The normalized spacial score (nSPS) is 11.7. The molecular formula is C22H27ClN2O2S. The molecule has 2 rings (SSSR count). The Balaban J connectivity index is 2.00. The third-order valence-corrected chi connectivity index (χ3v) is 5.56. The van der Waals surface area contributed by atoms with Gasteiger partial charge >= 0.3 is 0 Å². The van der Waals surface area contributed by atoms with Gasteiger partial charge in [0.25, 0.3) is 0 Å². The number of rotatable bonds is 10. The zero-order chi connectivity index (χ0) is 20.4. The van der Waals surface area contributed by atoms with E-state index in [-0.39, 0.29) is 11.8 Å². The zero-order valence-electron chi connectivity index (χ0n) is 16.4. The van der Waals surface area contributed by atoms with E-state index in [0.29, 0.717) is 23.9 Å². The summed E-state index contributed by atoms with van der Waals surface area (Å²) in [5.41, 5.74) is 2.12. The van der Waals surface area contributed by atoms with Crippen molar-refractivity contribution < 1.29 is 9.59 Å². The lowest BCUT2D eigenvalue weighted by Gasteiger charge is -2.28. The van der Waals surface area contributed by atoms with Gasteiger partial charge in [-0.3, -0.25) is 9.59 Å². The van der Waals surface area contributed by atoms with E-state index >= 15 is 0 Å². The predicted molar refractivity (Wildman–Crippen MR) is 117 cm³/mol. The minimum Gasteiger partial charge on any atom is -0.354 e. The lowest BCUT2D eigenvalue weighted by atomic mass is 10.1. The summed E-state index contributed by atoms with van der Waals surface area (Å²) in [7, 11) is 0. The highest BCUT2D eigenvalue weighted by Gasteiger charge is 2.25. The molecule has 150 valence electrons. The van der Waals surface area contributed by atoms with Crippen LogP contribution in [0.5, 0.6) is 0 Å². The van der Waals surface area contributed by atoms with Crippen molar-refractivity contribution in [1.82, 2.24) is 10.2 Å². The standard InChI is InChI=1S/C22H27ClN2O2S/c1-3-13-24-22(27)17(2)25(14-18-7-5-4-6-8-18)21(26)16-28-15-19-9-11-20(23)12-10-19/h4-12,17H,3,13-16H2,1-2H3,(H,24,27)/t17-/m1/s1. The van der Waals surface area contributed by atoms with Crippen molar-refractivity contribution in [1.29, 1.82) is 0 Å². The van der Waals surface area contributed by atoms with Crippen LogP contribution in [0.15, 0.2) is 54.6 Å². The highest BCUT2D eigenvalue weighted by atomic mass is 35.5. The molecule has 0 aliphatic heterocycles. The maximum atomic E-state index is 12.9. The van der Waals surface area contributed by atoms with Crippen molar-refractivity contribution in [3.63, 3.8) is 0 Å². The SMILES string of the molecule is CCCNC(=O)[C@@H](C)N(Cc1ccccc1)C(=O)CSCc1ccc(Cl)cc1. The van der Waals surface area contributed by atoms with Gasteiger partial charge in [-0.1, -0.05) is 61.0 Å². The second-order valence-corrected chi connectivity index (χ2v) is 8.02. The topological polar surface area (TPSA) is 49.4 Å². The molecule has 28 heavy (non-hydrogen) atoms. The van der Waals surface area contributed by atoms with Crippen molar-refractivity contribution in [3.05, 3.63) is 70.7 Å². The van der Waals surface area contributed by atoms with Crippen molar-refractivity contribution in [2.75, 3.05) is 12.3 Å². The first-order valence-electron chi connectivity index (χ1n) is 9.44. The molecule has 1 atom stereocenters. The molecule has 1 N–H and O–H groups in total. The summed E-state index contributed by atoms with van der Waals surface area (Å²) in [5, 5.41) is 3.59. The van der Waals surface area contributed by atoms with Crippen LogP contribution in [0.4, 0.5) is 0 Å². The van der Waals surface area contributed by atoms with Crippen LogP contribution < -0.4 is 5.32 Å². The quantitative estimate of drug-likeness (QED) is 0.617. The van der Waals surface area contributed by atoms with Crippen LogP contribution in [0.3, 0.4) is 0 Å². The molecule has 0 bridgehead atoms.